The number of nitrogen functional groups attached to an aromatic ring is 1. The third-order valence-electron chi connectivity index (χ3n) is 15.8. The average molecular weight is 1380 g/mol. The molecule has 496 valence electrons. The number of hydrogen-bond acceptors (Lipinski definition) is 32. The first-order valence-electron chi connectivity index (χ1n) is 28.1. The number of aromatic nitrogens is 4. The Balaban J connectivity index is 0.726. The summed E-state index contributed by atoms with van der Waals surface area (Å²) in [5, 5.41) is 54.0. The van der Waals surface area contributed by atoms with E-state index in [1.54, 1.807) is 9.80 Å². The van der Waals surface area contributed by atoms with Gasteiger partial charge in [0.1, 0.15) is 34.2 Å². The SMILES string of the molecule is Cc1oc(=O)oc1COC(=O)N1CC[C@@H](N2CC/C(=C\C3=C(C(=O)O)N[C@@H]([C@H](NC(=O)/C(=N\O)c4nsc(N)n4)C(=O)Nc4nc(/C(=N/O)C(=O)N[C@@H]5C(=O)N6C(C(=O)O)=C(/C=C7\CCN([C@@H]8CCN(C(=O)OCc9oc(=O)oc9C)C8)C7=O)CS[C@H]56)ns4)SC3)C2=O)C1. The number of amides is 8. The van der Waals surface area contributed by atoms with Crippen LogP contribution in [0, 0.1) is 13.8 Å². The van der Waals surface area contributed by atoms with E-state index in [1.165, 1.54) is 35.8 Å². The highest BCUT2D eigenvalue weighted by atomic mass is 32.2. The molecule has 11 rings (SSSR count). The maximum atomic E-state index is 14.4. The Morgan fingerprint density at radius 2 is 1.27 bits per heavy atom. The number of β-lactam (4-membered cyclic amide) rings is 1. The van der Waals surface area contributed by atoms with Gasteiger partial charge in [-0.1, -0.05) is 10.3 Å². The summed E-state index contributed by atoms with van der Waals surface area (Å²) in [7, 11) is 0. The minimum atomic E-state index is -1.81. The quantitative estimate of drug-likeness (QED) is 0.0179. The summed E-state index contributed by atoms with van der Waals surface area (Å²) in [6.07, 6.45) is 2.62. The van der Waals surface area contributed by atoms with E-state index in [1.807, 2.05) is 0 Å². The molecular weight excluding hydrogens is 1330 g/mol. The number of hydrogen-bond donors (Lipinski definition) is 9. The van der Waals surface area contributed by atoms with E-state index in [9.17, 15) is 78.2 Å². The van der Waals surface area contributed by atoms with Crippen LogP contribution >= 0.6 is 46.6 Å². The molecule has 0 unspecified atom stereocenters. The highest BCUT2D eigenvalue weighted by molar-refractivity contribution is 8.00. The summed E-state index contributed by atoms with van der Waals surface area (Å²) in [6, 6.07) is -4.02. The van der Waals surface area contributed by atoms with E-state index >= 15 is 0 Å². The lowest BCUT2D eigenvalue weighted by Crippen LogP contribution is -2.71. The number of likely N-dealkylation sites (tertiary alicyclic amines) is 4. The van der Waals surface area contributed by atoms with Gasteiger partial charge in [0.25, 0.3) is 23.6 Å². The molecular formula is C52H52N16O22S4. The number of aryl methyl sites for hydroxylation is 2. The van der Waals surface area contributed by atoms with E-state index in [-0.39, 0.29) is 132 Å². The lowest BCUT2D eigenvalue weighted by molar-refractivity contribution is -0.150. The van der Waals surface area contributed by atoms with Crippen molar-refractivity contribution in [2.75, 3.05) is 61.8 Å². The molecule has 0 spiro atoms. The van der Waals surface area contributed by atoms with Crippen molar-refractivity contribution in [3.05, 3.63) is 102 Å². The fourth-order valence-corrected chi connectivity index (χ4v) is 14.7. The van der Waals surface area contributed by atoms with Crippen LogP contribution in [0.5, 0.6) is 0 Å². The number of nitrogens with one attached hydrogen (secondary N) is 4. The number of ether oxygens (including phenoxy) is 2. The maximum Gasteiger partial charge on any atom is 0.519 e. The van der Waals surface area contributed by atoms with Gasteiger partial charge in [-0.05, 0) is 62.8 Å². The molecule has 38 nitrogen and oxygen atoms in total. The highest BCUT2D eigenvalue weighted by Gasteiger charge is 2.55. The Morgan fingerprint density at radius 3 is 1.79 bits per heavy atom. The number of carboxylic acid groups (broad SMARTS) is 2. The third kappa shape index (κ3) is 13.3. The van der Waals surface area contributed by atoms with Crippen molar-refractivity contribution in [1.82, 2.24) is 59.2 Å². The van der Waals surface area contributed by atoms with Crippen LogP contribution in [0.3, 0.4) is 0 Å². The molecule has 0 saturated carbocycles. The second-order valence-electron chi connectivity index (χ2n) is 21.4. The number of thioether (sulfide) groups is 2. The van der Waals surface area contributed by atoms with E-state index < -0.39 is 141 Å². The van der Waals surface area contributed by atoms with Gasteiger partial charge >= 0.3 is 35.8 Å². The molecule has 42 heteroatoms. The van der Waals surface area contributed by atoms with Crippen molar-refractivity contribution in [2.45, 2.75) is 87.7 Å². The molecule has 11 heterocycles. The minimum Gasteiger partial charge on any atom is -0.477 e. The van der Waals surface area contributed by atoms with Crippen LogP contribution in [-0.2, 0) is 61.0 Å². The van der Waals surface area contributed by atoms with Gasteiger partial charge < -0.3 is 89.1 Å². The number of aliphatic carboxylic acids is 2. The molecule has 5 saturated heterocycles. The zero-order valence-electron chi connectivity index (χ0n) is 48.8. The van der Waals surface area contributed by atoms with Gasteiger partial charge in [0, 0.05) is 85.0 Å². The number of rotatable bonds is 19. The summed E-state index contributed by atoms with van der Waals surface area (Å²) in [5.41, 5.74) is 3.86. The first-order valence-corrected chi connectivity index (χ1v) is 31.7. The van der Waals surface area contributed by atoms with Crippen LogP contribution in [-0.4, -0.2) is 221 Å². The minimum absolute atomic E-state index is 0.0333. The largest absolute Gasteiger partial charge is 0.519 e. The van der Waals surface area contributed by atoms with E-state index in [2.05, 4.69) is 50.3 Å². The molecule has 0 bridgehead atoms. The van der Waals surface area contributed by atoms with Gasteiger partial charge in [0.05, 0.1) is 12.1 Å². The fraction of sp³-hybridized carbons (Fsp3) is 0.423. The van der Waals surface area contributed by atoms with E-state index in [0.717, 1.165) is 28.4 Å². The highest BCUT2D eigenvalue weighted by Crippen LogP contribution is 2.42. The summed E-state index contributed by atoms with van der Waals surface area (Å²) in [6.45, 7) is 3.48. The van der Waals surface area contributed by atoms with Crippen LogP contribution in [0.25, 0.3) is 0 Å². The monoisotopic (exact) mass is 1380 g/mol. The molecule has 4 aromatic heterocycles. The first kappa shape index (κ1) is 65.1. The van der Waals surface area contributed by atoms with Crippen molar-refractivity contribution >= 4 is 128 Å². The normalized spacial score (nSPS) is 22.9. The zero-order valence-corrected chi connectivity index (χ0v) is 52.1. The number of carbonyl (C=O) groups excluding carboxylic acids is 8. The number of nitrogens with two attached hydrogens (primary N) is 1. The molecule has 10 N–H and O–H groups in total. The molecule has 5 fully saturated rings. The maximum absolute atomic E-state index is 14.4. The molecule has 6 atom stereocenters. The van der Waals surface area contributed by atoms with E-state index in [4.69, 9.17) is 32.9 Å². The van der Waals surface area contributed by atoms with Gasteiger partial charge in [-0.25, -0.2) is 28.8 Å². The summed E-state index contributed by atoms with van der Waals surface area (Å²) >= 11 is 3.07. The average Bonchev–Trinajstić information content (AvgIpc) is 1.27. The van der Waals surface area contributed by atoms with Crippen LogP contribution in [0.1, 0.15) is 60.4 Å². The second-order valence-corrected chi connectivity index (χ2v) is 25.2. The van der Waals surface area contributed by atoms with Crippen molar-refractivity contribution in [3.8, 4) is 0 Å². The predicted molar refractivity (Wildman–Crippen MR) is 318 cm³/mol. The number of carbonyl (C=O) groups is 10. The Bertz CT molecular complexity index is 4160. The van der Waals surface area contributed by atoms with Crippen LogP contribution in [0.15, 0.2) is 83.4 Å². The Hall–Kier alpha value is -10.4. The molecule has 7 aliphatic heterocycles. The standard InChI is InChI=1S/C52H52N16O22S4/c1-19-27(89-51(81)87-19)15-85-49(79)64-7-5-25(13-64)66-9-3-21(41(66)72)11-23-17-91-40(56-29(23)45(75)76)32(54-37(69)30(60-83)35-57-47(53)93-62-35)39(71)59-48-58-36(63-94-48)31(61-84)38(70)55-33-43(74)68-34(46(77)78)24(18-92-44(33)68)12-22-4-10-67(42(22)73)26-6-8-65(14-26)50(80)86-16-28-20(2)88-52(82)90-28/h11-12,25-26,32-33,40,44,56,83-84H,3-10,13-18H2,1-2H3,(H,54,69)(H,55,70)(H,75,76)(H,77,78)(H2,53,57,62)(H,58,59,63,71)/b21-11+,22-12+,60-30-,61-31-/t25-,26-,32-,33-,40-,44-/m1/s1. The number of anilines is 2. The van der Waals surface area contributed by atoms with Crippen LogP contribution in [0.2, 0.25) is 0 Å². The lowest BCUT2D eigenvalue weighted by atomic mass is 10.0. The molecule has 94 heavy (non-hydrogen) atoms. The van der Waals surface area contributed by atoms with Crippen molar-refractivity contribution < 1.29 is 95.7 Å². The fourth-order valence-electron chi connectivity index (χ4n) is 11.2. The van der Waals surface area contributed by atoms with Gasteiger partial charge in [-0.3, -0.25) is 39.0 Å². The number of allylic oxidation sites excluding steroid dienone is 2. The first-order chi connectivity index (χ1) is 45.0. The summed E-state index contributed by atoms with van der Waals surface area (Å²) in [5.74, 6) is -11.0. The Morgan fingerprint density at radius 1 is 0.723 bits per heavy atom. The molecule has 7 aliphatic rings. The molecule has 4 aromatic rings. The Labute approximate surface area is 541 Å². The third-order valence-corrected chi connectivity index (χ3v) is 19.5. The van der Waals surface area contributed by atoms with Gasteiger partial charge in [-0.2, -0.15) is 18.7 Å². The second kappa shape index (κ2) is 27.1. The van der Waals surface area contributed by atoms with Crippen LogP contribution in [0.4, 0.5) is 19.9 Å². The number of fused-ring (bicyclic) bond motifs is 1. The van der Waals surface area contributed by atoms with E-state index in [0.29, 0.717) is 35.9 Å². The number of carboxylic acids is 2. The number of oxime groups is 2. The Kier molecular flexibility index (Phi) is 18.8. The molecule has 0 aliphatic carbocycles. The number of nitrogens with zero attached hydrogens (tertiary/aromatic N) is 11. The van der Waals surface area contributed by atoms with Crippen molar-refractivity contribution in [3.63, 3.8) is 0 Å². The van der Waals surface area contributed by atoms with Gasteiger partial charge in [-0.15, -0.1) is 23.5 Å². The molecule has 8 amide bonds. The molecule has 0 aromatic carbocycles. The van der Waals surface area contributed by atoms with Crippen LogP contribution < -0.4 is 38.6 Å². The lowest BCUT2D eigenvalue weighted by Gasteiger charge is -2.49. The van der Waals surface area contributed by atoms with Crippen molar-refractivity contribution in [2.24, 2.45) is 10.3 Å². The van der Waals surface area contributed by atoms with Gasteiger partial charge in [0.15, 0.2) is 41.4 Å². The predicted octanol–water partition coefficient (Wildman–Crippen LogP) is -0.959. The van der Waals surface area contributed by atoms with Crippen molar-refractivity contribution in [1.29, 1.82) is 0 Å². The smallest absolute Gasteiger partial charge is 0.477 e. The topological polar surface area (TPSA) is 523 Å². The molecule has 0 radical (unpaired) electrons. The zero-order chi connectivity index (χ0) is 67.0. The summed E-state index contributed by atoms with van der Waals surface area (Å²) in [4.78, 5) is 172. The van der Waals surface area contributed by atoms with Gasteiger partial charge in [0.2, 0.25) is 40.0 Å². The summed E-state index contributed by atoms with van der Waals surface area (Å²) < 4.78 is 37.8.